The van der Waals surface area contributed by atoms with E-state index in [4.69, 9.17) is 6.42 Å². The minimum atomic E-state index is -3.49. The first-order valence-corrected chi connectivity index (χ1v) is 9.50. The monoisotopic (exact) mass is 326 g/mol. The average Bonchev–Trinajstić information content (AvgIpc) is 3.10. The van der Waals surface area contributed by atoms with Crippen LogP contribution in [0.4, 0.5) is 0 Å². The Bertz CT molecular complexity index is 610. The fraction of sp³-hybridized carbons (Fsp3) is 0.600. The minimum absolute atomic E-state index is 0.145. The zero-order chi connectivity index (χ0) is 15.5. The summed E-state index contributed by atoms with van der Waals surface area (Å²) in [7, 11) is -3.49. The third-order valence-corrected chi connectivity index (χ3v) is 6.37. The smallest absolute Gasteiger partial charge is 0.245 e. The summed E-state index contributed by atoms with van der Waals surface area (Å²) in [5.74, 6) is 2.95. The van der Waals surface area contributed by atoms with Crippen LogP contribution in [0.15, 0.2) is 16.3 Å². The third-order valence-electron chi connectivity index (χ3n) is 3.42. The Balaban J connectivity index is 2.20. The maximum absolute atomic E-state index is 12.8. The van der Waals surface area contributed by atoms with Crippen LogP contribution in [0.2, 0.25) is 0 Å². The van der Waals surface area contributed by atoms with Crippen molar-refractivity contribution >= 4 is 21.4 Å². The Morgan fingerprint density at radius 1 is 1.52 bits per heavy atom. The van der Waals surface area contributed by atoms with Crippen LogP contribution in [0.5, 0.6) is 0 Å². The second-order valence-electron chi connectivity index (χ2n) is 5.69. The summed E-state index contributed by atoms with van der Waals surface area (Å²) >= 11 is 1.47. The van der Waals surface area contributed by atoms with E-state index < -0.39 is 10.0 Å². The third kappa shape index (κ3) is 4.30. The molecule has 116 valence electrons. The molecule has 0 aliphatic heterocycles. The van der Waals surface area contributed by atoms with Crippen LogP contribution in [0.3, 0.4) is 0 Å². The highest BCUT2D eigenvalue weighted by molar-refractivity contribution is 7.89. The van der Waals surface area contributed by atoms with E-state index in [-0.39, 0.29) is 6.54 Å². The summed E-state index contributed by atoms with van der Waals surface area (Å²) in [4.78, 5) is 1.25. The minimum Gasteiger partial charge on any atom is -0.310 e. The molecule has 0 unspecified atom stereocenters. The lowest BCUT2D eigenvalue weighted by molar-refractivity contribution is 0.429. The Labute approximate surface area is 131 Å². The standard InChI is InChI=1S/C15H22N2O2S2/c1-4-8-17(11-13-5-6-13)21(18,19)15-7-9-20-14(15)10-16-12(2)3/h1,7,9,12-13,16H,5-6,8,10-11H2,2-3H3. The molecule has 1 saturated carbocycles. The van der Waals surface area contributed by atoms with Gasteiger partial charge in [0.15, 0.2) is 0 Å². The van der Waals surface area contributed by atoms with E-state index in [1.165, 1.54) is 15.6 Å². The first-order chi connectivity index (χ1) is 9.95. The van der Waals surface area contributed by atoms with Gasteiger partial charge in [0.2, 0.25) is 10.0 Å². The van der Waals surface area contributed by atoms with E-state index in [2.05, 4.69) is 11.2 Å². The molecule has 0 spiro atoms. The number of rotatable bonds is 8. The van der Waals surface area contributed by atoms with Gasteiger partial charge in [-0.05, 0) is 30.2 Å². The van der Waals surface area contributed by atoms with Gasteiger partial charge in [0.1, 0.15) is 0 Å². The van der Waals surface area contributed by atoms with Crippen molar-refractivity contribution in [3.05, 3.63) is 16.3 Å². The van der Waals surface area contributed by atoms with Crippen LogP contribution in [-0.2, 0) is 16.6 Å². The number of thiophene rings is 1. The van der Waals surface area contributed by atoms with Crippen molar-refractivity contribution in [2.45, 2.75) is 44.2 Å². The van der Waals surface area contributed by atoms with Crippen LogP contribution >= 0.6 is 11.3 Å². The molecule has 0 saturated heterocycles. The lowest BCUT2D eigenvalue weighted by Gasteiger charge is -2.20. The lowest BCUT2D eigenvalue weighted by atomic mass is 10.4. The van der Waals surface area contributed by atoms with Gasteiger partial charge in [-0.25, -0.2) is 8.42 Å². The number of hydrogen-bond acceptors (Lipinski definition) is 4. The first kappa shape index (κ1) is 16.5. The largest absolute Gasteiger partial charge is 0.310 e. The Hall–Kier alpha value is -0.870. The summed E-state index contributed by atoms with van der Waals surface area (Å²) in [6.45, 7) is 5.33. The number of terminal acetylenes is 1. The number of hydrogen-bond donors (Lipinski definition) is 1. The summed E-state index contributed by atoms with van der Waals surface area (Å²) in [5, 5.41) is 5.10. The molecule has 1 heterocycles. The molecule has 1 aromatic heterocycles. The van der Waals surface area contributed by atoms with E-state index in [9.17, 15) is 8.42 Å². The Morgan fingerprint density at radius 3 is 2.81 bits per heavy atom. The molecule has 1 aliphatic rings. The SMILES string of the molecule is C#CCN(CC1CC1)S(=O)(=O)c1ccsc1CNC(C)C. The lowest BCUT2D eigenvalue weighted by Crippen LogP contribution is -2.34. The summed E-state index contributed by atoms with van der Waals surface area (Å²) < 4.78 is 27.1. The highest BCUT2D eigenvalue weighted by Crippen LogP contribution is 2.32. The highest BCUT2D eigenvalue weighted by Gasteiger charge is 2.32. The Kier molecular flexibility index (Phi) is 5.44. The van der Waals surface area contributed by atoms with Gasteiger partial charge in [-0.1, -0.05) is 19.8 Å². The van der Waals surface area contributed by atoms with Gasteiger partial charge in [-0.15, -0.1) is 17.8 Å². The van der Waals surface area contributed by atoms with Crippen molar-refractivity contribution in [2.24, 2.45) is 5.92 Å². The molecule has 1 aromatic rings. The van der Waals surface area contributed by atoms with Crippen LogP contribution in [-0.4, -0.2) is 31.9 Å². The maximum atomic E-state index is 12.8. The topological polar surface area (TPSA) is 49.4 Å². The van der Waals surface area contributed by atoms with Crippen LogP contribution < -0.4 is 5.32 Å². The zero-order valence-electron chi connectivity index (χ0n) is 12.5. The van der Waals surface area contributed by atoms with Crippen molar-refractivity contribution < 1.29 is 8.42 Å². The molecule has 1 fully saturated rings. The van der Waals surface area contributed by atoms with Crippen LogP contribution in [0, 0.1) is 18.3 Å². The van der Waals surface area contributed by atoms with Gasteiger partial charge >= 0.3 is 0 Å². The number of sulfonamides is 1. The van der Waals surface area contributed by atoms with E-state index in [1.54, 1.807) is 6.07 Å². The second-order valence-corrected chi connectivity index (χ2v) is 8.60. The van der Waals surface area contributed by atoms with E-state index in [0.717, 1.165) is 17.7 Å². The quantitative estimate of drug-likeness (QED) is 0.746. The molecule has 0 radical (unpaired) electrons. The second kappa shape index (κ2) is 6.93. The molecule has 0 bridgehead atoms. The van der Waals surface area contributed by atoms with Crippen LogP contribution in [0.25, 0.3) is 0 Å². The molecule has 6 heteroatoms. The van der Waals surface area contributed by atoms with Gasteiger partial charge in [-0.3, -0.25) is 0 Å². The maximum Gasteiger partial charge on any atom is 0.245 e. The fourth-order valence-corrected chi connectivity index (χ4v) is 4.86. The van der Waals surface area contributed by atoms with Crippen molar-refractivity contribution in [2.75, 3.05) is 13.1 Å². The predicted molar refractivity (Wildman–Crippen MR) is 86.6 cm³/mol. The van der Waals surface area contributed by atoms with E-state index in [0.29, 0.717) is 29.9 Å². The summed E-state index contributed by atoms with van der Waals surface area (Å²) in [6, 6.07) is 2.00. The first-order valence-electron chi connectivity index (χ1n) is 7.18. The molecule has 0 amide bonds. The molecular formula is C15H22N2O2S2. The van der Waals surface area contributed by atoms with Gasteiger partial charge in [-0.2, -0.15) is 4.31 Å². The normalized spacial score (nSPS) is 15.6. The van der Waals surface area contributed by atoms with Gasteiger partial charge in [0.25, 0.3) is 0 Å². The average molecular weight is 326 g/mol. The van der Waals surface area contributed by atoms with Gasteiger partial charge in [0.05, 0.1) is 11.4 Å². The van der Waals surface area contributed by atoms with Gasteiger partial charge in [0, 0.05) is 24.0 Å². The van der Waals surface area contributed by atoms with Crippen molar-refractivity contribution in [1.82, 2.24) is 9.62 Å². The number of nitrogens with zero attached hydrogens (tertiary/aromatic N) is 1. The molecule has 21 heavy (non-hydrogen) atoms. The summed E-state index contributed by atoms with van der Waals surface area (Å²) in [6.07, 6.45) is 7.54. The van der Waals surface area contributed by atoms with E-state index in [1.807, 2.05) is 19.2 Å². The van der Waals surface area contributed by atoms with E-state index >= 15 is 0 Å². The molecule has 0 aromatic carbocycles. The molecule has 1 N–H and O–H groups in total. The highest BCUT2D eigenvalue weighted by atomic mass is 32.2. The predicted octanol–water partition coefficient (Wildman–Crippen LogP) is 2.28. The number of nitrogens with one attached hydrogen (secondary N) is 1. The molecule has 1 aliphatic carbocycles. The summed E-state index contributed by atoms with van der Waals surface area (Å²) in [5.41, 5.74) is 0. The zero-order valence-corrected chi connectivity index (χ0v) is 14.1. The van der Waals surface area contributed by atoms with Crippen LogP contribution in [0.1, 0.15) is 31.6 Å². The van der Waals surface area contributed by atoms with Crippen molar-refractivity contribution in [3.63, 3.8) is 0 Å². The molecule has 2 rings (SSSR count). The fourth-order valence-electron chi connectivity index (χ4n) is 2.06. The van der Waals surface area contributed by atoms with Crippen molar-refractivity contribution in [3.8, 4) is 12.3 Å². The van der Waals surface area contributed by atoms with Crippen molar-refractivity contribution in [1.29, 1.82) is 0 Å². The Morgan fingerprint density at radius 2 is 2.24 bits per heavy atom. The molecular weight excluding hydrogens is 304 g/mol. The molecule has 4 nitrogen and oxygen atoms in total. The van der Waals surface area contributed by atoms with Gasteiger partial charge < -0.3 is 5.32 Å². The molecule has 0 atom stereocenters.